The van der Waals surface area contributed by atoms with Gasteiger partial charge in [0.25, 0.3) is 0 Å². The van der Waals surface area contributed by atoms with Gasteiger partial charge in [0, 0.05) is 0 Å². The van der Waals surface area contributed by atoms with E-state index in [1.807, 2.05) is 27.7 Å². The molecule has 0 radical (unpaired) electrons. The minimum absolute atomic E-state index is 0.695. The summed E-state index contributed by atoms with van der Waals surface area (Å²) in [5.41, 5.74) is 0.695. The van der Waals surface area contributed by atoms with Crippen LogP contribution in [-0.4, -0.2) is 0 Å². The molecule has 1 fully saturated rings. The first-order valence-electron chi connectivity index (χ1n) is 7.56. The van der Waals surface area contributed by atoms with E-state index in [4.69, 9.17) is 0 Å². The summed E-state index contributed by atoms with van der Waals surface area (Å²) < 4.78 is 0. The van der Waals surface area contributed by atoms with Crippen molar-refractivity contribution in [3.63, 3.8) is 0 Å². The third kappa shape index (κ3) is 8.19. The van der Waals surface area contributed by atoms with Gasteiger partial charge in [-0.1, -0.05) is 74.7 Å². The molecule has 0 N–H and O–H groups in total. The summed E-state index contributed by atoms with van der Waals surface area (Å²) in [5.74, 6) is 2.01. The van der Waals surface area contributed by atoms with Crippen LogP contribution in [0.25, 0.3) is 0 Å². The van der Waals surface area contributed by atoms with Crippen LogP contribution in [0.5, 0.6) is 0 Å². The van der Waals surface area contributed by atoms with Crippen LogP contribution in [0.4, 0.5) is 0 Å². The normalized spacial score (nSPS) is 22.1. The fourth-order valence-electron chi connectivity index (χ4n) is 2.13. The van der Waals surface area contributed by atoms with Crippen LogP contribution >= 0.6 is 0 Å². The highest BCUT2D eigenvalue weighted by Crippen LogP contribution is 2.54. The van der Waals surface area contributed by atoms with Crippen LogP contribution < -0.4 is 0 Å². The molecule has 0 bridgehead atoms. The maximum atomic E-state index is 2.42. The highest BCUT2D eigenvalue weighted by Gasteiger charge is 2.45. The first-order valence-corrected chi connectivity index (χ1v) is 7.56. The van der Waals surface area contributed by atoms with E-state index in [9.17, 15) is 0 Å². The molecule has 1 aliphatic carbocycles. The fourth-order valence-corrected chi connectivity index (χ4v) is 2.13. The Labute approximate surface area is 105 Å². The highest BCUT2D eigenvalue weighted by atomic mass is 14.5. The molecule has 1 aliphatic rings. The Balaban J connectivity index is 0. The molecule has 2 unspecified atom stereocenters. The monoisotopic (exact) mass is 228 g/mol. The minimum atomic E-state index is 0.695. The fraction of sp³-hybridized carbons (Fsp3) is 1.00. The highest BCUT2D eigenvalue weighted by molar-refractivity contribution is 4.95. The summed E-state index contributed by atoms with van der Waals surface area (Å²) in [5, 5.41) is 0. The Morgan fingerprint density at radius 2 is 1.56 bits per heavy atom. The smallest absolute Gasteiger partial charge is 0.0323 e. The Morgan fingerprint density at radius 3 is 1.88 bits per heavy atom. The van der Waals surface area contributed by atoms with Crippen LogP contribution in [0.1, 0.15) is 87.5 Å². The van der Waals surface area contributed by atoms with Gasteiger partial charge in [-0.15, -0.1) is 0 Å². The van der Waals surface area contributed by atoms with E-state index in [1.165, 1.54) is 32.1 Å². The second-order valence-electron chi connectivity index (χ2n) is 5.37. The molecular weight excluding hydrogens is 192 g/mol. The lowest BCUT2D eigenvalue weighted by atomic mass is 9.95. The van der Waals surface area contributed by atoms with E-state index in [0.717, 1.165) is 11.8 Å². The molecule has 1 saturated carbocycles. The molecule has 100 valence electrons. The lowest BCUT2D eigenvalue weighted by Crippen LogP contribution is -1.99. The SMILES string of the molecule is CC.CC.CCCCC(C)CC1CC1(C)C. The third-order valence-electron chi connectivity index (χ3n) is 3.45. The second kappa shape index (κ2) is 10.2. The molecule has 0 aliphatic heterocycles. The standard InChI is InChI=1S/C12H24.2C2H6/c1-5-6-7-10(2)8-11-9-12(11,3)4;2*1-2/h10-11H,5-9H2,1-4H3;2*1-2H3. The first-order chi connectivity index (χ1) is 7.56. The topological polar surface area (TPSA) is 0 Å². The van der Waals surface area contributed by atoms with Crippen molar-refractivity contribution in [1.82, 2.24) is 0 Å². The molecule has 0 heteroatoms. The molecule has 0 aromatic rings. The maximum Gasteiger partial charge on any atom is -0.0323 e. The van der Waals surface area contributed by atoms with Crippen molar-refractivity contribution in [3.8, 4) is 0 Å². The van der Waals surface area contributed by atoms with Gasteiger partial charge in [-0.05, 0) is 30.1 Å². The van der Waals surface area contributed by atoms with Gasteiger partial charge >= 0.3 is 0 Å². The Morgan fingerprint density at radius 1 is 1.12 bits per heavy atom. The van der Waals surface area contributed by atoms with Crippen molar-refractivity contribution >= 4 is 0 Å². The molecule has 0 amide bonds. The largest absolute Gasteiger partial charge is 0.0683 e. The van der Waals surface area contributed by atoms with E-state index < -0.39 is 0 Å². The average molecular weight is 228 g/mol. The van der Waals surface area contributed by atoms with E-state index >= 15 is 0 Å². The van der Waals surface area contributed by atoms with Crippen molar-refractivity contribution in [1.29, 1.82) is 0 Å². The van der Waals surface area contributed by atoms with Crippen molar-refractivity contribution in [2.75, 3.05) is 0 Å². The molecule has 0 heterocycles. The molecule has 0 saturated heterocycles. The average Bonchev–Trinajstić information content (AvgIpc) is 2.89. The Hall–Kier alpha value is 0. The van der Waals surface area contributed by atoms with Crippen molar-refractivity contribution < 1.29 is 0 Å². The van der Waals surface area contributed by atoms with Gasteiger partial charge in [-0.2, -0.15) is 0 Å². The third-order valence-corrected chi connectivity index (χ3v) is 3.45. The summed E-state index contributed by atoms with van der Waals surface area (Å²) in [4.78, 5) is 0. The van der Waals surface area contributed by atoms with Crippen LogP contribution in [-0.2, 0) is 0 Å². The van der Waals surface area contributed by atoms with Gasteiger partial charge in [0.15, 0.2) is 0 Å². The van der Waals surface area contributed by atoms with Crippen LogP contribution in [0.15, 0.2) is 0 Å². The number of hydrogen-bond acceptors (Lipinski definition) is 0. The zero-order valence-corrected chi connectivity index (χ0v) is 13.2. The molecule has 0 aromatic carbocycles. The number of unbranched alkanes of at least 4 members (excludes halogenated alkanes) is 1. The summed E-state index contributed by atoms with van der Waals surface area (Å²) >= 11 is 0. The van der Waals surface area contributed by atoms with E-state index in [0.29, 0.717) is 5.41 Å². The lowest BCUT2D eigenvalue weighted by molar-refractivity contribution is 0.407. The quantitative estimate of drug-likeness (QED) is 0.518. The minimum Gasteiger partial charge on any atom is -0.0683 e. The van der Waals surface area contributed by atoms with Gasteiger partial charge in [0.2, 0.25) is 0 Å². The van der Waals surface area contributed by atoms with Gasteiger partial charge in [0.1, 0.15) is 0 Å². The van der Waals surface area contributed by atoms with Crippen LogP contribution in [0.2, 0.25) is 0 Å². The zero-order chi connectivity index (χ0) is 13.2. The number of hydrogen-bond donors (Lipinski definition) is 0. The molecule has 0 spiro atoms. The first kappa shape index (κ1) is 18.4. The summed E-state index contributed by atoms with van der Waals surface area (Å²) in [6, 6.07) is 0. The van der Waals surface area contributed by atoms with Crippen molar-refractivity contribution in [2.45, 2.75) is 87.5 Å². The lowest BCUT2D eigenvalue weighted by Gasteiger charge is -2.11. The van der Waals surface area contributed by atoms with Gasteiger partial charge in [-0.3, -0.25) is 0 Å². The van der Waals surface area contributed by atoms with E-state index in [1.54, 1.807) is 0 Å². The zero-order valence-electron chi connectivity index (χ0n) is 13.2. The summed E-state index contributed by atoms with van der Waals surface area (Å²) in [7, 11) is 0. The molecular formula is C16H36. The van der Waals surface area contributed by atoms with Crippen LogP contribution in [0.3, 0.4) is 0 Å². The van der Waals surface area contributed by atoms with Crippen molar-refractivity contribution in [3.05, 3.63) is 0 Å². The summed E-state index contributed by atoms with van der Waals surface area (Å²) in [6.07, 6.45) is 7.19. The molecule has 1 rings (SSSR count). The van der Waals surface area contributed by atoms with E-state index in [-0.39, 0.29) is 0 Å². The molecule has 0 aromatic heterocycles. The Bertz CT molecular complexity index is 135. The molecule has 16 heavy (non-hydrogen) atoms. The summed E-state index contributed by atoms with van der Waals surface area (Å²) in [6.45, 7) is 17.5. The second-order valence-corrected chi connectivity index (χ2v) is 5.37. The Kier molecular flexibility index (Phi) is 11.7. The van der Waals surface area contributed by atoms with Crippen molar-refractivity contribution in [2.24, 2.45) is 17.3 Å². The van der Waals surface area contributed by atoms with Gasteiger partial charge in [0.05, 0.1) is 0 Å². The van der Waals surface area contributed by atoms with Gasteiger partial charge < -0.3 is 0 Å². The van der Waals surface area contributed by atoms with Gasteiger partial charge in [-0.25, -0.2) is 0 Å². The van der Waals surface area contributed by atoms with Crippen LogP contribution in [0, 0.1) is 17.3 Å². The molecule has 2 atom stereocenters. The predicted octanol–water partition coefficient (Wildman–Crippen LogP) is 6.30. The molecule has 0 nitrogen and oxygen atoms in total. The maximum absolute atomic E-state index is 2.42. The van der Waals surface area contributed by atoms with E-state index in [2.05, 4.69) is 27.7 Å². The predicted molar refractivity (Wildman–Crippen MR) is 77.9 cm³/mol. The number of rotatable bonds is 5.